The summed E-state index contributed by atoms with van der Waals surface area (Å²) in [6.45, 7) is 8.67. The van der Waals surface area contributed by atoms with Gasteiger partial charge in [-0.3, -0.25) is 9.89 Å². The molecule has 1 saturated carbocycles. The van der Waals surface area contributed by atoms with Crippen molar-refractivity contribution in [1.29, 1.82) is 0 Å². The molecule has 1 aliphatic carbocycles. The van der Waals surface area contributed by atoms with Gasteiger partial charge in [0.2, 0.25) is 0 Å². The Balaban J connectivity index is 0.00000242. The average Bonchev–Trinajstić information content (AvgIpc) is 3.13. The highest BCUT2D eigenvalue weighted by Gasteiger charge is 2.25. The van der Waals surface area contributed by atoms with Crippen LogP contribution in [0.2, 0.25) is 0 Å². The topological polar surface area (TPSA) is 39.7 Å². The summed E-state index contributed by atoms with van der Waals surface area (Å²) < 4.78 is 0. The van der Waals surface area contributed by atoms with Crippen LogP contribution >= 0.6 is 35.7 Å². The fourth-order valence-electron chi connectivity index (χ4n) is 3.51. The third-order valence-electron chi connectivity index (χ3n) is 4.77. The molecule has 2 rings (SSSR count). The van der Waals surface area contributed by atoms with Crippen molar-refractivity contribution in [3.05, 3.63) is 0 Å². The van der Waals surface area contributed by atoms with Crippen molar-refractivity contribution in [3.8, 4) is 0 Å². The van der Waals surface area contributed by atoms with Crippen LogP contribution in [-0.2, 0) is 0 Å². The molecule has 3 atom stereocenters. The molecule has 0 spiro atoms. The number of nitrogens with zero attached hydrogens (tertiary/aromatic N) is 2. The zero-order valence-electron chi connectivity index (χ0n) is 14.3. The lowest BCUT2D eigenvalue weighted by Gasteiger charge is -2.22. The predicted molar refractivity (Wildman–Crippen MR) is 110 cm³/mol. The Morgan fingerprint density at radius 3 is 2.73 bits per heavy atom. The highest BCUT2D eigenvalue weighted by Crippen LogP contribution is 2.28. The van der Waals surface area contributed by atoms with Gasteiger partial charge in [-0.2, -0.15) is 11.8 Å². The molecule has 22 heavy (non-hydrogen) atoms. The van der Waals surface area contributed by atoms with E-state index >= 15 is 0 Å². The van der Waals surface area contributed by atoms with E-state index < -0.39 is 0 Å². The van der Waals surface area contributed by atoms with Gasteiger partial charge < -0.3 is 10.6 Å². The molecular weight excluding hydrogens is 407 g/mol. The molecule has 2 aliphatic rings. The monoisotopic (exact) mass is 440 g/mol. The van der Waals surface area contributed by atoms with Crippen LogP contribution in [-0.4, -0.2) is 60.6 Å². The number of aliphatic imine (C=N–C) groups is 1. The van der Waals surface area contributed by atoms with Gasteiger partial charge in [0.25, 0.3) is 0 Å². The third kappa shape index (κ3) is 6.07. The van der Waals surface area contributed by atoms with Gasteiger partial charge in [-0.1, -0.05) is 6.92 Å². The van der Waals surface area contributed by atoms with Crippen LogP contribution in [0.15, 0.2) is 4.99 Å². The number of likely N-dealkylation sites (N-methyl/N-ethyl adjacent to an activating group) is 1. The van der Waals surface area contributed by atoms with E-state index in [0.717, 1.165) is 30.8 Å². The van der Waals surface area contributed by atoms with E-state index in [1.807, 2.05) is 11.8 Å². The maximum Gasteiger partial charge on any atom is 0.191 e. The zero-order valence-corrected chi connectivity index (χ0v) is 17.5. The minimum atomic E-state index is 0. The first-order chi connectivity index (χ1) is 10.3. The second kappa shape index (κ2) is 11.0. The highest BCUT2D eigenvalue weighted by molar-refractivity contribution is 14.0. The minimum absolute atomic E-state index is 0. The summed E-state index contributed by atoms with van der Waals surface area (Å²) >= 11 is 2.01. The van der Waals surface area contributed by atoms with Crippen molar-refractivity contribution in [2.45, 2.75) is 63.3 Å². The van der Waals surface area contributed by atoms with Crippen molar-refractivity contribution in [3.63, 3.8) is 0 Å². The lowest BCUT2D eigenvalue weighted by Crippen LogP contribution is -2.43. The van der Waals surface area contributed by atoms with Gasteiger partial charge in [-0.15, -0.1) is 24.0 Å². The summed E-state index contributed by atoms with van der Waals surface area (Å²) in [5.74, 6) is 1.02. The standard InChI is InChI=1S/C16H32N4S.HI/c1-4-17-16(19-13-8-9-15(11-13)21-3)18-12-14-7-6-10-20(14)5-2;/h13-15H,4-12H2,1-3H3,(H2,17,18,19);1H. The fourth-order valence-corrected chi connectivity index (χ4v) is 4.31. The molecule has 1 aliphatic heterocycles. The molecule has 0 aromatic rings. The van der Waals surface area contributed by atoms with Crippen LogP contribution in [0.5, 0.6) is 0 Å². The molecule has 0 radical (unpaired) electrons. The van der Waals surface area contributed by atoms with Crippen molar-refractivity contribution in [1.82, 2.24) is 15.5 Å². The molecule has 130 valence electrons. The Morgan fingerprint density at radius 2 is 2.09 bits per heavy atom. The summed E-state index contributed by atoms with van der Waals surface area (Å²) in [7, 11) is 0. The number of hydrogen-bond donors (Lipinski definition) is 2. The zero-order chi connectivity index (χ0) is 15.1. The van der Waals surface area contributed by atoms with E-state index in [1.54, 1.807) is 0 Å². The van der Waals surface area contributed by atoms with E-state index in [2.05, 4.69) is 35.6 Å². The summed E-state index contributed by atoms with van der Waals surface area (Å²) in [6.07, 6.45) is 8.75. The largest absolute Gasteiger partial charge is 0.357 e. The first-order valence-corrected chi connectivity index (χ1v) is 9.87. The van der Waals surface area contributed by atoms with E-state index in [0.29, 0.717) is 12.1 Å². The predicted octanol–water partition coefficient (Wildman–Crippen LogP) is 2.93. The Bertz CT molecular complexity index is 340. The van der Waals surface area contributed by atoms with Crippen molar-refractivity contribution in [2.75, 3.05) is 32.4 Å². The minimum Gasteiger partial charge on any atom is -0.357 e. The Kier molecular flexibility index (Phi) is 10.1. The first kappa shape index (κ1) is 20.4. The van der Waals surface area contributed by atoms with Crippen LogP contribution in [0.3, 0.4) is 0 Å². The molecule has 1 saturated heterocycles. The molecule has 6 heteroatoms. The second-order valence-electron chi connectivity index (χ2n) is 6.16. The maximum absolute atomic E-state index is 4.85. The molecule has 4 nitrogen and oxygen atoms in total. The lowest BCUT2D eigenvalue weighted by atomic mass is 10.2. The summed E-state index contributed by atoms with van der Waals surface area (Å²) in [4.78, 5) is 7.42. The molecule has 0 aromatic heterocycles. The van der Waals surface area contributed by atoms with Crippen LogP contribution in [0.25, 0.3) is 0 Å². The fraction of sp³-hybridized carbons (Fsp3) is 0.938. The van der Waals surface area contributed by atoms with Crippen molar-refractivity contribution in [2.24, 2.45) is 4.99 Å². The number of thioether (sulfide) groups is 1. The van der Waals surface area contributed by atoms with Crippen molar-refractivity contribution < 1.29 is 0 Å². The second-order valence-corrected chi connectivity index (χ2v) is 7.29. The van der Waals surface area contributed by atoms with Gasteiger partial charge in [0.1, 0.15) is 0 Å². The highest BCUT2D eigenvalue weighted by atomic mass is 127. The Morgan fingerprint density at radius 1 is 1.27 bits per heavy atom. The first-order valence-electron chi connectivity index (χ1n) is 8.58. The normalized spacial score (nSPS) is 29.4. The maximum atomic E-state index is 4.85. The van der Waals surface area contributed by atoms with E-state index in [-0.39, 0.29) is 24.0 Å². The molecule has 0 aromatic carbocycles. The van der Waals surface area contributed by atoms with E-state index in [4.69, 9.17) is 4.99 Å². The molecule has 1 heterocycles. The summed E-state index contributed by atoms with van der Waals surface area (Å²) in [5, 5.41) is 7.89. The Hall–Kier alpha value is 0.310. The number of guanidine groups is 1. The van der Waals surface area contributed by atoms with Gasteiger partial charge in [0, 0.05) is 23.9 Å². The molecule has 0 amide bonds. The summed E-state index contributed by atoms with van der Waals surface area (Å²) in [5.41, 5.74) is 0. The van der Waals surface area contributed by atoms with E-state index in [9.17, 15) is 0 Å². The number of likely N-dealkylation sites (tertiary alicyclic amines) is 1. The van der Waals surface area contributed by atoms with Gasteiger partial charge in [-0.05, 0) is 58.4 Å². The number of rotatable bonds is 6. The van der Waals surface area contributed by atoms with Gasteiger partial charge in [0.05, 0.1) is 6.54 Å². The number of nitrogens with one attached hydrogen (secondary N) is 2. The number of hydrogen-bond acceptors (Lipinski definition) is 3. The van der Waals surface area contributed by atoms with Gasteiger partial charge in [0.15, 0.2) is 5.96 Å². The lowest BCUT2D eigenvalue weighted by molar-refractivity contribution is 0.273. The van der Waals surface area contributed by atoms with Gasteiger partial charge >= 0.3 is 0 Å². The molecule has 3 unspecified atom stereocenters. The van der Waals surface area contributed by atoms with Crippen LogP contribution in [0.4, 0.5) is 0 Å². The smallest absolute Gasteiger partial charge is 0.191 e. The SMILES string of the molecule is CCNC(=NCC1CCCN1CC)NC1CCC(SC)C1.I. The molecule has 2 N–H and O–H groups in total. The van der Waals surface area contributed by atoms with Crippen molar-refractivity contribution >= 4 is 41.7 Å². The van der Waals surface area contributed by atoms with Crippen LogP contribution in [0.1, 0.15) is 46.0 Å². The molecule has 0 bridgehead atoms. The Labute approximate surface area is 157 Å². The average molecular weight is 440 g/mol. The summed E-state index contributed by atoms with van der Waals surface area (Å²) in [6, 6.07) is 1.25. The quantitative estimate of drug-likeness (QED) is 0.379. The van der Waals surface area contributed by atoms with E-state index in [1.165, 1.54) is 38.6 Å². The molecular formula is C16H33IN4S. The molecule has 2 fully saturated rings. The third-order valence-corrected chi connectivity index (χ3v) is 5.86. The van der Waals surface area contributed by atoms with Crippen LogP contribution in [0, 0.1) is 0 Å². The van der Waals surface area contributed by atoms with Crippen LogP contribution < -0.4 is 10.6 Å². The van der Waals surface area contributed by atoms with Gasteiger partial charge in [-0.25, -0.2) is 0 Å². The number of halogens is 1.